The molecular weight excluding hydrogens is 376 g/mol. The predicted molar refractivity (Wildman–Crippen MR) is 105 cm³/mol. The Kier molecular flexibility index (Phi) is 5.22. The Hall–Kier alpha value is -2.15. The van der Waals surface area contributed by atoms with Crippen molar-refractivity contribution < 1.29 is 9.59 Å². The number of hydrazine groups is 1. The van der Waals surface area contributed by atoms with E-state index in [1.807, 2.05) is 25.1 Å². The highest BCUT2D eigenvalue weighted by atomic mass is 35.5. The minimum absolute atomic E-state index is 0.277. The molecule has 0 aliphatic carbocycles. The van der Waals surface area contributed by atoms with Crippen molar-refractivity contribution in [2.45, 2.75) is 6.92 Å². The Morgan fingerprint density at radius 2 is 1.96 bits per heavy atom. The molecule has 1 fully saturated rings. The fourth-order valence-corrected chi connectivity index (χ4v) is 3.56. The Balaban J connectivity index is 1.77. The van der Waals surface area contributed by atoms with E-state index in [1.54, 1.807) is 36.4 Å². The fraction of sp³-hybridized carbons (Fsp3) is 0.0556. The number of aryl methyl sites for hydroxylation is 1. The molecule has 0 atom stereocenters. The molecule has 0 saturated carbocycles. The Morgan fingerprint density at radius 3 is 2.64 bits per heavy atom. The van der Waals surface area contributed by atoms with Crippen molar-refractivity contribution in [3.8, 4) is 0 Å². The highest BCUT2D eigenvalue weighted by Crippen LogP contribution is 2.31. The largest absolute Gasteiger partial charge is 0.285 e. The lowest BCUT2D eigenvalue weighted by Crippen LogP contribution is -2.44. The van der Waals surface area contributed by atoms with Gasteiger partial charge in [-0.05, 0) is 55.0 Å². The number of hydrogen-bond acceptors (Lipinski definition) is 4. The number of carbonyl (C=O) groups excluding carboxylic acids is 2. The lowest BCUT2D eigenvalue weighted by molar-refractivity contribution is -0.123. The van der Waals surface area contributed by atoms with Crippen LogP contribution in [0, 0.1) is 6.92 Å². The van der Waals surface area contributed by atoms with Crippen LogP contribution in [0.1, 0.15) is 21.5 Å². The van der Waals surface area contributed by atoms with Crippen molar-refractivity contribution in [3.05, 3.63) is 75.1 Å². The van der Waals surface area contributed by atoms with E-state index in [4.69, 9.17) is 23.8 Å². The average molecular weight is 389 g/mol. The molecule has 1 aliphatic heterocycles. The molecule has 0 aromatic heterocycles. The van der Waals surface area contributed by atoms with Crippen molar-refractivity contribution in [2.75, 3.05) is 0 Å². The molecule has 2 aromatic carbocycles. The first kappa shape index (κ1) is 17.7. The van der Waals surface area contributed by atoms with Crippen molar-refractivity contribution in [1.29, 1.82) is 0 Å². The van der Waals surface area contributed by atoms with Gasteiger partial charge in [0.05, 0.1) is 4.91 Å². The second kappa shape index (κ2) is 7.39. The second-order valence-corrected chi connectivity index (χ2v) is 7.49. The zero-order valence-corrected chi connectivity index (χ0v) is 15.5. The van der Waals surface area contributed by atoms with Crippen LogP contribution in [0.2, 0.25) is 5.02 Å². The highest BCUT2D eigenvalue weighted by Gasteiger charge is 2.33. The molecule has 3 rings (SSSR count). The van der Waals surface area contributed by atoms with E-state index in [0.29, 0.717) is 15.5 Å². The number of nitrogens with one attached hydrogen (secondary N) is 1. The molecule has 25 heavy (non-hydrogen) atoms. The molecule has 126 valence electrons. The molecule has 0 radical (unpaired) electrons. The van der Waals surface area contributed by atoms with Gasteiger partial charge in [0.15, 0.2) is 4.32 Å². The third-order valence-electron chi connectivity index (χ3n) is 3.47. The molecule has 7 heteroatoms. The smallest absolute Gasteiger partial charge is 0.267 e. The third-order valence-corrected chi connectivity index (χ3v) is 5.00. The van der Waals surface area contributed by atoms with E-state index >= 15 is 0 Å². The van der Waals surface area contributed by atoms with E-state index in [9.17, 15) is 9.59 Å². The summed E-state index contributed by atoms with van der Waals surface area (Å²) in [7, 11) is 0. The highest BCUT2D eigenvalue weighted by molar-refractivity contribution is 8.26. The molecule has 1 saturated heterocycles. The number of thioether (sulfide) groups is 1. The SMILES string of the molecule is Cc1ccc(C(=O)NN2C(=O)/C(=C/c3cccc(Cl)c3)SC2=S)cc1. The van der Waals surface area contributed by atoms with E-state index < -0.39 is 0 Å². The Bertz CT molecular complexity index is 894. The molecule has 0 spiro atoms. The summed E-state index contributed by atoms with van der Waals surface area (Å²) < 4.78 is 0.277. The standard InChI is InChI=1S/C18H13ClN2O2S2/c1-11-5-7-13(8-6-11)16(22)20-21-17(23)15(25-18(21)24)10-12-3-2-4-14(19)9-12/h2-10H,1H3,(H,20,22)/b15-10-. The fourth-order valence-electron chi connectivity index (χ4n) is 2.18. The predicted octanol–water partition coefficient (Wildman–Crippen LogP) is 4.19. The number of hydrogen-bond donors (Lipinski definition) is 1. The summed E-state index contributed by atoms with van der Waals surface area (Å²) in [5, 5.41) is 1.68. The lowest BCUT2D eigenvalue weighted by atomic mass is 10.1. The van der Waals surface area contributed by atoms with Crippen LogP contribution in [0.25, 0.3) is 6.08 Å². The molecular formula is C18H13ClN2O2S2. The molecule has 1 heterocycles. The number of thiocarbonyl (C=S) groups is 1. The Morgan fingerprint density at radius 1 is 1.24 bits per heavy atom. The number of benzene rings is 2. The van der Waals surface area contributed by atoms with Crippen LogP contribution >= 0.6 is 35.6 Å². The van der Waals surface area contributed by atoms with Crippen LogP contribution in [0.5, 0.6) is 0 Å². The molecule has 4 nitrogen and oxygen atoms in total. The van der Waals surface area contributed by atoms with Gasteiger partial charge in [0, 0.05) is 10.6 Å². The van der Waals surface area contributed by atoms with Crippen molar-refractivity contribution in [1.82, 2.24) is 10.4 Å². The molecule has 1 N–H and O–H groups in total. The van der Waals surface area contributed by atoms with Crippen molar-refractivity contribution >= 4 is 57.8 Å². The van der Waals surface area contributed by atoms with Crippen LogP contribution in [0.15, 0.2) is 53.4 Å². The molecule has 0 unspecified atom stereocenters. The van der Waals surface area contributed by atoms with E-state index in [0.717, 1.165) is 27.9 Å². The summed E-state index contributed by atoms with van der Waals surface area (Å²) >= 11 is 12.3. The quantitative estimate of drug-likeness (QED) is 0.632. The van der Waals surface area contributed by atoms with Crippen LogP contribution < -0.4 is 5.43 Å². The van der Waals surface area contributed by atoms with Gasteiger partial charge < -0.3 is 0 Å². The van der Waals surface area contributed by atoms with Crippen LogP contribution in [-0.2, 0) is 4.79 Å². The summed E-state index contributed by atoms with van der Waals surface area (Å²) in [6.45, 7) is 1.93. The number of nitrogens with zero attached hydrogens (tertiary/aromatic N) is 1. The summed E-state index contributed by atoms with van der Waals surface area (Å²) in [6.07, 6.45) is 1.70. The number of halogens is 1. The maximum Gasteiger partial charge on any atom is 0.285 e. The van der Waals surface area contributed by atoms with Gasteiger partial charge in [-0.2, -0.15) is 5.01 Å². The maximum atomic E-state index is 12.5. The topological polar surface area (TPSA) is 49.4 Å². The first-order chi connectivity index (χ1) is 11.9. The van der Waals surface area contributed by atoms with Crippen molar-refractivity contribution in [2.24, 2.45) is 0 Å². The summed E-state index contributed by atoms with van der Waals surface area (Å²) in [4.78, 5) is 25.3. The maximum absolute atomic E-state index is 12.5. The molecule has 2 aromatic rings. The number of amides is 2. The van der Waals surface area contributed by atoms with Crippen LogP contribution in [-0.4, -0.2) is 21.1 Å². The second-order valence-electron chi connectivity index (χ2n) is 5.38. The van der Waals surface area contributed by atoms with E-state index in [2.05, 4.69) is 5.43 Å². The van der Waals surface area contributed by atoms with Crippen molar-refractivity contribution in [3.63, 3.8) is 0 Å². The van der Waals surface area contributed by atoms with Gasteiger partial charge in [-0.1, -0.05) is 53.2 Å². The van der Waals surface area contributed by atoms with Crippen LogP contribution in [0.4, 0.5) is 0 Å². The van der Waals surface area contributed by atoms with Gasteiger partial charge in [0.2, 0.25) is 0 Å². The Labute approximate surface area is 159 Å². The van der Waals surface area contributed by atoms with Gasteiger partial charge in [-0.25, -0.2) is 0 Å². The lowest BCUT2D eigenvalue weighted by Gasteiger charge is -2.15. The number of carbonyl (C=O) groups is 2. The number of rotatable bonds is 3. The monoisotopic (exact) mass is 388 g/mol. The van der Waals surface area contributed by atoms with Gasteiger partial charge in [-0.15, -0.1) is 0 Å². The summed E-state index contributed by atoms with van der Waals surface area (Å²) in [6, 6.07) is 14.2. The first-order valence-electron chi connectivity index (χ1n) is 7.35. The summed E-state index contributed by atoms with van der Waals surface area (Å²) in [5.41, 5.74) is 4.85. The molecule has 1 aliphatic rings. The zero-order valence-electron chi connectivity index (χ0n) is 13.2. The van der Waals surface area contributed by atoms with E-state index in [-0.39, 0.29) is 16.1 Å². The van der Waals surface area contributed by atoms with Crippen LogP contribution in [0.3, 0.4) is 0 Å². The minimum atomic E-state index is -0.389. The molecule has 2 amide bonds. The van der Waals surface area contributed by atoms with Gasteiger partial charge in [0.1, 0.15) is 0 Å². The summed E-state index contributed by atoms with van der Waals surface area (Å²) in [5.74, 6) is -0.754. The van der Waals surface area contributed by atoms with Gasteiger partial charge in [-0.3, -0.25) is 15.0 Å². The minimum Gasteiger partial charge on any atom is -0.267 e. The van der Waals surface area contributed by atoms with Gasteiger partial charge in [0.25, 0.3) is 11.8 Å². The normalized spacial score (nSPS) is 15.8. The first-order valence-corrected chi connectivity index (χ1v) is 8.95. The molecule has 0 bridgehead atoms. The average Bonchev–Trinajstić information content (AvgIpc) is 2.83. The third kappa shape index (κ3) is 4.10. The van der Waals surface area contributed by atoms with E-state index in [1.165, 1.54) is 0 Å². The van der Waals surface area contributed by atoms with Gasteiger partial charge >= 0.3 is 0 Å². The zero-order chi connectivity index (χ0) is 18.0.